The van der Waals surface area contributed by atoms with Gasteiger partial charge in [0.15, 0.2) is 0 Å². The molecule has 96 valence electrons. The molecule has 0 saturated carbocycles. The Labute approximate surface area is 111 Å². The third-order valence-corrected chi connectivity index (χ3v) is 3.28. The van der Waals surface area contributed by atoms with Gasteiger partial charge in [0.05, 0.1) is 12.8 Å². The molecule has 0 amide bonds. The lowest BCUT2D eigenvalue weighted by molar-refractivity contribution is 0.410. The first-order valence-electron chi connectivity index (χ1n) is 5.73. The highest BCUT2D eigenvalue weighted by molar-refractivity contribution is 6.31. The summed E-state index contributed by atoms with van der Waals surface area (Å²) in [5, 5.41) is 5.02. The molecule has 0 unspecified atom stereocenters. The highest BCUT2D eigenvalue weighted by atomic mass is 35.5. The number of methoxy groups -OCH3 is 1. The van der Waals surface area contributed by atoms with Crippen LogP contribution in [0.3, 0.4) is 0 Å². The lowest BCUT2D eigenvalue weighted by Crippen LogP contribution is -1.97. The number of benzene rings is 1. The van der Waals surface area contributed by atoms with Crippen LogP contribution < -0.4 is 10.5 Å². The Morgan fingerprint density at radius 3 is 2.61 bits per heavy atom. The quantitative estimate of drug-likeness (QED) is 0.928. The standard InChI is InChI=1S/C13H16ClN3O/c1-4-9-10(14)5-8(6-12(9)18-3)11-7-13(15)17(2)16-11/h5-7H,4,15H2,1-3H3. The summed E-state index contributed by atoms with van der Waals surface area (Å²) in [6.45, 7) is 2.04. The second-order valence-electron chi connectivity index (χ2n) is 4.07. The molecule has 0 atom stereocenters. The van der Waals surface area contributed by atoms with Crippen LogP contribution in [-0.2, 0) is 13.5 Å². The van der Waals surface area contributed by atoms with Crippen molar-refractivity contribution in [3.05, 3.63) is 28.8 Å². The van der Waals surface area contributed by atoms with Gasteiger partial charge in [0.1, 0.15) is 11.6 Å². The van der Waals surface area contributed by atoms with Crippen molar-refractivity contribution in [3.8, 4) is 17.0 Å². The number of hydrogen-bond donors (Lipinski definition) is 1. The summed E-state index contributed by atoms with van der Waals surface area (Å²) in [4.78, 5) is 0. The predicted octanol–water partition coefficient (Wildman–Crippen LogP) is 2.89. The van der Waals surface area contributed by atoms with Crippen LogP contribution in [0.2, 0.25) is 5.02 Å². The minimum atomic E-state index is 0.611. The number of aryl methyl sites for hydroxylation is 1. The van der Waals surface area contributed by atoms with Gasteiger partial charge in [0, 0.05) is 29.3 Å². The van der Waals surface area contributed by atoms with Gasteiger partial charge in [-0.15, -0.1) is 0 Å². The highest BCUT2D eigenvalue weighted by Crippen LogP contribution is 2.33. The molecule has 5 heteroatoms. The number of nitrogen functional groups attached to an aromatic ring is 1. The van der Waals surface area contributed by atoms with Gasteiger partial charge in [-0.05, 0) is 18.6 Å². The molecule has 0 aliphatic rings. The van der Waals surface area contributed by atoms with Gasteiger partial charge in [-0.25, -0.2) is 0 Å². The van der Waals surface area contributed by atoms with Crippen LogP contribution >= 0.6 is 11.6 Å². The summed E-state index contributed by atoms with van der Waals surface area (Å²) in [7, 11) is 3.44. The molecule has 18 heavy (non-hydrogen) atoms. The Kier molecular flexibility index (Phi) is 3.48. The summed E-state index contributed by atoms with van der Waals surface area (Å²) in [5.41, 5.74) is 8.48. The monoisotopic (exact) mass is 265 g/mol. The Balaban J connectivity index is 2.55. The second-order valence-corrected chi connectivity index (χ2v) is 4.48. The maximum atomic E-state index is 6.26. The predicted molar refractivity (Wildman–Crippen MR) is 74.0 cm³/mol. The fraction of sp³-hybridized carbons (Fsp3) is 0.308. The van der Waals surface area contributed by atoms with Gasteiger partial charge >= 0.3 is 0 Å². The third kappa shape index (κ3) is 2.16. The van der Waals surface area contributed by atoms with E-state index in [2.05, 4.69) is 5.10 Å². The molecule has 2 rings (SSSR count). The van der Waals surface area contributed by atoms with E-state index in [0.717, 1.165) is 29.0 Å². The van der Waals surface area contributed by atoms with Crippen molar-refractivity contribution in [1.29, 1.82) is 0 Å². The van der Waals surface area contributed by atoms with Gasteiger partial charge in [0.2, 0.25) is 0 Å². The second kappa shape index (κ2) is 4.90. The molecule has 4 nitrogen and oxygen atoms in total. The van der Waals surface area contributed by atoms with Crippen LogP contribution in [0.25, 0.3) is 11.3 Å². The zero-order chi connectivity index (χ0) is 13.3. The van der Waals surface area contributed by atoms with Gasteiger partial charge in [-0.2, -0.15) is 5.10 Å². The van der Waals surface area contributed by atoms with Crippen LogP contribution in [0.5, 0.6) is 5.75 Å². The number of anilines is 1. The summed E-state index contributed by atoms with van der Waals surface area (Å²) < 4.78 is 6.99. The molecule has 1 aromatic heterocycles. The number of nitrogens with two attached hydrogens (primary N) is 1. The SMILES string of the molecule is CCc1c(Cl)cc(-c2cc(N)n(C)n2)cc1OC. The zero-order valence-corrected chi connectivity index (χ0v) is 11.5. The van der Waals surface area contributed by atoms with E-state index in [9.17, 15) is 0 Å². The van der Waals surface area contributed by atoms with Crippen LogP contribution in [0.15, 0.2) is 18.2 Å². The Morgan fingerprint density at radius 2 is 2.11 bits per heavy atom. The summed E-state index contributed by atoms with van der Waals surface area (Å²) in [6.07, 6.45) is 0.826. The molecule has 0 aliphatic carbocycles. The molecule has 0 spiro atoms. The summed E-state index contributed by atoms with van der Waals surface area (Å²) in [5.74, 6) is 1.39. The van der Waals surface area contributed by atoms with E-state index in [0.29, 0.717) is 10.8 Å². The van der Waals surface area contributed by atoms with Crippen molar-refractivity contribution in [2.24, 2.45) is 7.05 Å². The third-order valence-electron chi connectivity index (χ3n) is 2.94. The number of rotatable bonds is 3. The smallest absolute Gasteiger partial charge is 0.124 e. The van der Waals surface area contributed by atoms with Gasteiger partial charge in [0.25, 0.3) is 0 Å². The number of hydrogen-bond acceptors (Lipinski definition) is 3. The van der Waals surface area contributed by atoms with E-state index >= 15 is 0 Å². The number of nitrogens with zero attached hydrogens (tertiary/aromatic N) is 2. The fourth-order valence-corrected chi connectivity index (χ4v) is 2.25. The molecule has 0 radical (unpaired) electrons. The van der Waals surface area contributed by atoms with Gasteiger partial charge in [-0.3, -0.25) is 4.68 Å². The van der Waals surface area contributed by atoms with Crippen molar-refractivity contribution in [1.82, 2.24) is 9.78 Å². The van der Waals surface area contributed by atoms with Crippen molar-refractivity contribution in [2.45, 2.75) is 13.3 Å². The maximum absolute atomic E-state index is 6.26. The van der Waals surface area contributed by atoms with Gasteiger partial charge < -0.3 is 10.5 Å². The first-order chi connectivity index (χ1) is 8.56. The first-order valence-corrected chi connectivity index (χ1v) is 6.11. The van der Waals surface area contributed by atoms with E-state index in [1.54, 1.807) is 18.8 Å². The molecule has 0 fully saturated rings. The van der Waals surface area contributed by atoms with Crippen molar-refractivity contribution in [2.75, 3.05) is 12.8 Å². The van der Waals surface area contributed by atoms with Gasteiger partial charge in [-0.1, -0.05) is 18.5 Å². The number of ether oxygens (including phenoxy) is 1. The van der Waals surface area contributed by atoms with E-state index in [1.807, 2.05) is 25.1 Å². The minimum absolute atomic E-state index is 0.611. The average Bonchev–Trinajstić information content (AvgIpc) is 2.68. The molecular formula is C13H16ClN3O. The number of aromatic nitrogens is 2. The molecule has 1 aromatic carbocycles. The normalized spacial score (nSPS) is 10.7. The molecule has 2 N–H and O–H groups in total. The largest absolute Gasteiger partial charge is 0.496 e. The lowest BCUT2D eigenvalue weighted by Gasteiger charge is -2.10. The molecule has 2 aromatic rings. The van der Waals surface area contributed by atoms with E-state index in [1.165, 1.54) is 0 Å². The Morgan fingerprint density at radius 1 is 1.39 bits per heavy atom. The lowest BCUT2D eigenvalue weighted by atomic mass is 10.1. The van der Waals surface area contributed by atoms with Crippen LogP contribution in [0, 0.1) is 0 Å². The maximum Gasteiger partial charge on any atom is 0.124 e. The topological polar surface area (TPSA) is 53.1 Å². The Bertz CT molecular complexity index is 558. The molecular weight excluding hydrogens is 250 g/mol. The van der Waals surface area contributed by atoms with Crippen LogP contribution in [-0.4, -0.2) is 16.9 Å². The summed E-state index contributed by atoms with van der Waals surface area (Å²) >= 11 is 6.26. The Hall–Kier alpha value is -1.68. The first kappa shape index (κ1) is 12.8. The van der Waals surface area contributed by atoms with Crippen molar-refractivity contribution < 1.29 is 4.74 Å². The van der Waals surface area contributed by atoms with Crippen molar-refractivity contribution >= 4 is 17.4 Å². The minimum Gasteiger partial charge on any atom is -0.496 e. The van der Waals surface area contributed by atoms with Crippen LogP contribution in [0.4, 0.5) is 5.82 Å². The molecule has 0 saturated heterocycles. The van der Waals surface area contributed by atoms with Crippen molar-refractivity contribution in [3.63, 3.8) is 0 Å². The summed E-state index contributed by atoms with van der Waals surface area (Å²) in [6, 6.07) is 5.65. The molecule has 0 bridgehead atoms. The number of halogens is 1. The van der Waals surface area contributed by atoms with Crippen LogP contribution in [0.1, 0.15) is 12.5 Å². The zero-order valence-electron chi connectivity index (χ0n) is 10.7. The van der Waals surface area contributed by atoms with E-state index in [-0.39, 0.29) is 0 Å². The van der Waals surface area contributed by atoms with E-state index < -0.39 is 0 Å². The molecule has 1 heterocycles. The fourth-order valence-electron chi connectivity index (χ4n) is 1.91. The van der Waals surface area contributed by atoms with E-state index in [4.69, 9.17) is 22.1 Å². The average molecular weight is 266 g/mol. The molecule has 0 aliphatic heterocycles. The highest BCUT2D eigenvalue weighted by Gasteiger charge is 2.12.